The third kappa shape index (κ3) is 2.08. The molecule has 6 N–H and O–H groups in total. The molecule has 4 rings (SSSR count). The molecule has 23 heavy (non-hydrogen) atoms. The number of aliphatic hydroxyl groups is 2. The van der Waals surface area contributed by atoms with Crippen LogP contribution in [0.15, 0.2) is 6.33 Å². The van der Waals surface area contributed by atoms with E-state index in [0.717, 1.165) is 0 Å². The third-order valence-electron chi connectivity index (χ3n) is 3.87. The van der Waals surface area contributed by atoms with Gasteiger partial charge in [-0.3, -0.25) is 9.09 Å². The molecule has 0 radical (unpaired) electrons. The molecule has 1 fully saturated rings. The summed E-state index contributed by atoms with van der Waals surface area (Å²) in [5, 5.41) is 20.2. The maximum absolute atomic E-state index is 11.2. The fraction of sp³-hybridized carbons (Fsp3) is 0.500. The predicted molar refractivity (Wildman–Crippen MR) is 71.5 cm³/mol. The topological polar surface area (TPSA) is 186 Å². The van der Waals surface area contributed by atoms with Crippen LogP contribution in [0.5, 0.6) is 0 Å². The smallest absolute Gasteiger partial charge is 0.387 e. The van der Waals surface area contributed by atoms with E-state index in [-0.39, 0.29) is 22.8 Å². The Labute approximate surface area is 127 Å². The number of rotatable bonds is 2. The number of fused-ring (bicyclic) bond motifs is 6. The van der Waals surface area contributed by atoms with E-state index in [1.807, 2.05) is 0 Å². The molecule has 13 heteroatoms. The number of imidazole rings is 1. The van der Waals surface area contributed by atoms with Gasteiger partial charge in [-0.25, -0.2) is 19.5 Å². The van der Waals surface area contributed by atoms with Gasteiger partial charge in [0, 0.05) is 0 Å². The minimum absolute atomic E-state index is 0.0346. The third-order valence-corrected chi connectivity index (χ3v) is 4.37. The van der Waals surface area contributed by atoms with Gasteiger partial charge < -0.3 is 30.5 Å². The highest BCUT2D eigenvalue weighted by Crippen LogP contribution is 2.51. The van der Waals surface area contributed by atoms with Crippen LogP contribution in [-0.2, 0) is 13.8 Å². The lowest BCUT2D eigenvalue weighted by Gasteiger charge is -2.30. The molecular formula is C10H12N5O7P. The van der Waals surface area contributed by atoms with Crippen LogP contribution in [0.4, 0.5) is 5.82 Å². The summed E-state index contributed by atoms with van der Waals surface area (Å²) in [6, 6.07) is 0. The van der Waals surface area contributed by atoms with Crippen LogP contribution in [0.3, 0.4) is 0 Å². The van der Waals surface area contributed by atoms with E-state index < -0.39 is 38.5 Å². The fourth-order valence-electron chi connectivity index (χ4n) is 2.95. The maximum Gasteiger partial charge on any atom is 0.470 e. The number of nitrogen functional groups attached to an aromatic ring is 1. The van der Waals surface area contributed by atoms with Gasteiger partial charge in [-0.2, -0.15) is 0 Å². The van der Waals surface area contributed by atoms with Gasteiger partial charge in [0.2, 0.25) is 0 Å². The van der Waals surface area contributed by atoms with Crippen LogP contribution in [0, 0.1) is 0 Å². The van der Waals surface area contributed by atoms with Gasteiger partial charge in [0.1, 0.15) is 30.5 Å². The van der Waals surface area contributed by atoms with E-state index in [9.17, 15) is 14.8 Å². The van der Waals surface area contributed by atoms with E-state index in [2.05, 4.69) is 15.0 Å². The van der Waals surface area contributed by atoms with Crippen molar-refractivity contribution in [3.05, 3.63) is 12.2 Å². The highest BCUT2D eigenvalue weighted by molar-refractivity contribution is 7.46. The minimum atomic E-state index is -4.92. The molecule has 2 aromatic rings. The Morgan fingerprint density at radius 3 is 2.74 bits per heavy atom. The van der Waals surface area contributed by atoms with Crippen molar-refractivity contribution in [3.63, 3.8) is 0 Å². The Kier molecular flexibility index (Phi) is 3.03. The van der Waals surface area contributed by atoms with Crippen LogP contribution in [0.1, 0.15) is 18.2 Å². The van der Waals surface area contributed by atoms with Crippen LogP contribution in [0.2, 0.25) is 0 Å². The molecule has 2 aromatic heterocycles. The molecule has 0 aliphatic carbocycles. The Balaban J connectivity index is 1.96. The number of aromatic nitrogens is 4. The van der Waals surface area contributed by atoms with Gasteiger partial charge in [0.05, 0.1) is 0 Å². The van der Waals surface area contributed by atoms with Crippen LogP contribution < -0.4 is 5.73 Å². The highest BCUT2D eigenvalue weighted by atomic mass is 31.2. The van der Waals surface area contributed by atoms with E-state index in [1.165, 1.54) is 10.9 Å². The Morgan fingerprint density at radius 1 is 1.30 bits per heavy atom. The summed E-state index contributed by atoms with van der Waals surface area (Å²) in [4.78, 5) is 30.2. The van der Waals surface area contributed by atoms with Crippen LogP contribution in [-0.4, -0.2) is 57.8 Å². The van der Waals surface area contributed by atoms with Gasteiger partial charge in [0.15, 0.2) is 29.3 Å². The van der Waals surface area contributed by atoms with Crippen molar-refractivity contribution < 1.29 is 33.8 Å². The number of phosphoric ester groups is 1. The standard InChI is InChI=1S/C10H12N5O7P/c11-7-2-8(13-1-12-7)15-9(14-2)6(22-23(18,19)20)5-3(16)4(17)10(15)21-5/h1,3-6,10,16-17H,(H2,11,12,13)(H2,18,19,20)/t3?,4-,5-,6?,10-/m1/s1. The number of nitrogens with zero attached hydrogens (tertiary/aromatic N) is 4. The molecule has 0 amide bonds. The number of hydrogen-bond donors (Lipinski definition) is 5. The first-order valence-corrected chi connectivity index (χ1v) is 8.05. The van der Waals surface area contributed by atoms with Crippen molar-refractivity contribution in [3.8, 4) is 0 Å². The molecule has 0 spiro atoms. The zero-order chi connectivity index (χ0) is 16.5. The monoisotopic (exact) mass is 345 g/mol. The average Bonchev–Trinajstić information content (AvgIpc) is 2.96. The summed E-state index contributed by atoms with van der Waals surface area (Å²) >= 11 is 0. The quantitative estimate of drug-likeness (QED) is 0.386. The number of anilines is 1. The van der Waals surface area contributed by atoms with E-state index >= 15 is 0 Å². The molecule has 124 valence electrons. The first kappa shape index (κ1) is 14.9. The Bertz CT molecular complexity index is 836. The molecule has 0 saturated carbocycles. The minimum Gasteiger partial charge on any atom is -0.387 e. The molecule has 4 heterocycles. The largest absolute Gasteiger partial charge is 0.470 e. The maximum atomic E-state index is 11.2. The zero-order valence-corrected chi connectivity index (χ0v) is 12.2. The SMILES string of the molecule is Nc1ncnc2c1nc1n2[C@@H]2O[C@@H](C1OP(=O)(O)O)C(O)[C@H]2O. The van der Waals surface area contributed by atoms with Gasteiger partial charge in [0.25, 0.3) is 0 Å². The second-order valence-corrected chi connectivity index (χ2v) is 6.45. The molecule has 2 bridgehead atoms. The van der Waals surface area contributed by atoms with E-state index in [1.54, 1.807) is 0 Å². The summed E-state index contributed by atoms with van der Waals surface area (Å²) in [6.07, 6.45) is -5.21. The molecule has 2 aliphatic rings. The van der Waals surface area contributed by atoms with Crippen molar-refractivity contribution in [1.29, 1.82) is 0 Å². The molecule has 0 aromatic carbocycles. The summed E-state index contributed by atoms with van der Waals surface area (Å²) < 4.78 is 22.7. The number of phosphoric acid groups is 1. The Morgan fingerprint density at radius 2 is 2.04 bits per heavy atom. The van der Waals surface area contributed by atoms with Crippen molar-refractivity contribution in [2.45, 2.75) is 30.6 Å². The second kappa shape index (κ2) is 4.68. The molecule has 12 nitrogen and oxygen atoms in total. The number of hydrogen-bond acceptors (Lipinski definition) is 9. The van der Waals surface area contributed by atoms with Crippen molar-refractivity contribution in [1.82, 2.24) is 19.5 Å². The lowest BCUT2D eigenvalue weighted by molar-refractivity contribution is -0.111. The van der Waals surface area contributed by atoms with E-state index in [0.29, 0.717) is 0 Å². The molecule has 2 aliphatic heterocycles. The summed E-state index contributed by atoms with van der Waals surface area (Å²) in [6.45, 7) is 0. The summed E-state index contributed by atoms with van der Waals surface area (Å²) in [5.41, 5.74) is 6.10. The van der Waals surface area contributed by atoms with Gasteiger partial charge in [-0.15, -0.1) is 0 Å². The summed E-state index contributed by atoms with van der Waals surface area (Å²) in [5.74, 6) is 0.0881. The summed E-state index contributed by atoms with van der Waals surface area (Å²) in [7, 11) is -4.92. The highest BCUT2D eigenvalue weighted by Gasteiger charge is 2.56. The van der Waals surface area contributed by atoms with Gasteiger partial charge >= 0.3 is 7.82 Å². The number of aliphatic hydroxyl groups excluding tert-OH is 2. The molecule has 1 saturated heterocycles. The van der Waals surface area contributed by atoms with Crippen molar-refractivity contribution in [2.75, 3.05) is 5.73 Å². The molecular weight excluding hydrogens is 333 g/mol. The average molecular weight is 345 g/mol. The van der Waals surface area contributed by atoms with Gasteiger partial charge in [-0.1, -0.05) is 0 Å². The van der Waals surface area contributed by atoms with E-state index in [4.69, 9.17) is 24.8 Å². The molecule has 5 atom stereocenters. The molecule has 2 unspecified atom stereocenters. The van der Waals surface area contributed by atoms with Crippen molar-refractivity contribution in [2.24, 2.45) is 0 Å². The van der Waals surface area contributed by atoms with Crippen LogP contribution >= 0.6 is 7.82 Å². The number of ether oxygens (including phenoxy) is 1. The lowest BCUT2D eigenvalue weighted by atomic mass is 10.1. The lowest BCUT2D eigenvalue weighted by Crippen LogP contribution is -2.35. The second-order valence-electron chi connectivity index (χ2n) is 5.26. The van der Waals surface area contributed by atoms with Gasteiger partial charge in [-0.05, 0) is 0 Å². The normalized spacial score (nSPS) is 33.1. The Hall–Kier alpha value is -1.66. The predicted octanol–water partition coefficient (Wildman–Crippen LogP) is -1.81. The van der Waals surface area contributed by atoms with Crippen molar-refractivity contribution >= 4 is 24.8 Å². The first-order chi connectivity index (χ1) is 10.8. The number of nitrogens with two attached hydrogens (primary N) is 1. The van der Waals surface area contributed by atoms with Crippen LogP contribution in [0.25, 0.3) is 11.2 Å². The first-order valence-electron chi connectivity index (χ1n) is 6.52. The fourth-order valence-corrected chi connectivity index (χ4v) is 3.46. The zero-order valence-electron chi connectivity index (χ0n) is 11.3.